The van der Waals surface area contributed by atoms with Crippen LogP contribution in [0.5, 0.6) is 0 Å². The van der Waals surface area contributed by atoms with Crippen molar-refractivity contribution in [2.75, 3.05) is 0 Å². The maximum Gasteiger partial charge on any atom is 0.326 e. The van der Waals surface area contributed by atoms with Crippen LogP contribution in [0.15, 0.2) is 42.9 Å². The van der Waals surface area contributed by atoms with Gasteiger partial charge in [0.25, 0.3) is 0 Å². The fraction of sp³-hybridized carbons (Fsp3) is 0.375. The third kappa shape index (κ3) is 10.6. The third-order valence-corrected chi connectivity index (χ3v) is 5.52. The van der Waals surface area contributed by atoms with Crippen LogP contribution in [0.3, 0.4) is 0 Å². The molecule has 4 atom stereocenters. The average molecular weight is 547 g/mol. The fourth-order valence-corrected chi connectivity index (χ4v) is 3.52. The van der Waals surface area contributed by atoms with Gasteiger partial charge in [-0.25, -0.2) is 9.78 Å². The second kappa shape index (κ2) is 14.8. The molecule has 3 amide bonds. The molecule has 2 rings (SSSR count). The molecule has 210 valence electrons. The number of rotatable bonds is 16. The Morgan fingerprint density at radius 1 is 0.821 bits per heavy atom. The first kappa shape index (κ1) is 30.4. The Labute approximate surface area is 222 Å². The molecule has 0 saturated carbocycles. The molecule has 2 aromatic rings. The Morgan fingerprint density at radius 2 is 1.44 bits per heavy atom. The lowest BCUT2D eigenvalue weighted by Crippen LogP contribution is -2.57. The molecule has 4 unspecified atom stereocenters. The largest absolute Gasteiger partial charge is 0.481 e. The molecular formula is C24H30N6O9. The quantitative estimate of drug-likeness (QED) is 0.119. The van der Waals surface area contributed by atoms with Crippen molar-refractivity contribution in [1.29, 1.82) is 0 Å². The second-order valence-corrected chi connectivity index (χ2v) is 8.63. The number of carboxylic acids is 3. The van der Waals surface area contributed by atoms with E-state index in [9.17, 15) is 39.0 Å². The molecule has 39 heavy (non-hydrogen) atoms. The van der Waals surface area contributed by atoms with Gasteiger partial charge in [0.2, 0.25) is 17.7 Å². The molecule has 0 aliphatic heterocycles. The minimum atomic E-state index is -1.74. The van der Waals surface area contributed by atoms with E-state index in [-0.39, 0.29) is 19.3 Å². The summed E-state index contributed by atoms with van der Waals surface area (Å²) in [6, 6.07) is 2.98. The highest BCUT2D eigenvalue weighted by atomic mass is 16.4. The summed E-state index contributed by atoms with van der Waals surface area (Å²) < 4.78 is 0. The monoisotopic (exact) mass is 546 g/mol. The third-order valence-electron chi connectivity index (χ3n) is 5.52. The Morgan fingerprint density at radius 3 is 2.00 bits per heavy atom. The Balaban J connectivity index is 2.13. The van der Waals surface area contributed by atoms with Crippen LogP contribution in [0, 0.1) is 0 Å². The lowest BCUT2D eigenvalue weighted by atomic mass is 10.0. The van der Waals surface area contributed by atoms with Gasteiger partial charge >= 0.3 is 17.9 Å². The lowest BCUT2D eigenvalue weighted by Gasteiger charge is -2.24. The molecule has 9 N–H and O–H groups in total. The zero-order valence-electron chi connectivity index (χ0n) is 20.7. The van der Waals surface area contributed by atoms with Gasteiger partial charge in [-0.1, -0.05) is 30.3 Å². The zero-order chi connectivity index (χ0) is 28.9. The number of benzene rings is 1. The number of aromatic nitrogens is 2. The molecule has 1 aromatic heterocycles. The van der Waals surface area contributed by atoms with Crippen molar-refractivity contribution >= 4 is 35.6 Å². The van der Waals surface area contributed by atoms with Gasteiger partial charge in [0.1, 0.15) is 18.1 Å². The van der Waals surface area contributed by atoms with E-state index in [4.69, 9.17) is 10.8 Å². The molecule has 0 aliphatic rings. The number of carbonyl (C=O) groups excluding carboxylic acids is 3. The first-order valence-corrected chi connectivity index (χ1v) is 11.8. The van der Waals surface area contributed by atoms with E-state index in [1.807, 2.05) is 0 Å². The number of hydrogen-bond donors (Lipinski definition) is 8. The Bertz CT molecular complexity index is 1160. The highest BCUT2D eigenvalue weighted by molar-refractivity contribution is 5.95. The number of nitrogens with one attached hydrogen (secondary N) is 4. The van der Waals surface area contributed by atoms with Gasteiger partial charge < -0.3 is 42.0 Å². The van der Waals surface area contributed by atoms with E-state index in [1.165, 1.54) is 12.5 Å². The minimum Gasteiger partial charge on any atom is -0.481 e. The number of aliphatic carboxylic acids is 3. The number of carboxylic acid groups (broad SMARTS) is 3. The van der Waals surface area contributed by atoms with Crippen LogP contribution in [0.25, 0.3) is 0 Å². The van der Waals surface area contributed by atoms with Crippen LogP contribution < -0.4 is 21.7 Å². The van der Waals surface area contributed by atoms with Gasteiger partial charge in [-0.3, -0.25) is 24.0 Å². The molecule has 1 heterocycles. The van der Waals surface area contributed by atoms with E-state index in [2.05, 4.69) is 25.9 Å². The summed E-state index contributed by atoms with van der Waals surface area (Å²) in [6.45, 7) is 0. The number of nitrogens with zero attached hydrogens (tertiary/aromatic N) is 1. The SMILES string of the molecule is NC(Cc1ccccc1)C(=O)NC(CCC(=O)O)C(=O)NC(CC(=O)O)C(=O)NC(Cc1cnc[nH]1)C(=O)O. The van der Waals surface area contributed by atoms with Crippen LogP contribution in [0.1, 0.15) is 30.5 Å². The number of aromatic amines is 1. The predicted molar refractivity (Wildman–Crippen MR) is 133 cm³/mol. The van der Waals surface area contributed by atoms with Crippen molar-refractivity contribution in [2.24, 2.45) is 5.73 Å². The van der Waals surface area contributed by atoms with Crippen molar-refractivity contribution < 1.29 is 44.1 Å². The van der Waals surface area contributed by atoms with Crippen LogP contribution >= 0.6 is 0 Å². The predicted octanol–water partition coefficient (Wildman–Crippen LogP) is -1.60. The van der Waals surface area contributed by atoms with E-state index in [0.717, 1.165) is 5.56 Å². The van der Waals surface area contributed by atoms with E-state index >= 15 is 0 Å². The van der Waals surface area contributed by atoms with Gasteiger partial charge in [0.15, 0.2) is 0 Å². The van der Waals surface area contributed by atoms with Gasteiger partial charge in [-0.15, -0.1) is 0 Å². The smallest absolute Gasteiger partial charge is 0.326 e. The number of nitrogens with two attached hydrogens (primary N) is 1. The van der Waals surface area contributed by atoms with Crippen molar-refractivity contribution in [3.63, 3.8) is 0 Å². The number of hydrogen-bond acceptors (Lipinski definition) is 8. The second-order valence-electron chi connectivity index (χ2n) is 8.63. The first-order chi connectivity index (χ1) is 18.5. The van der Waals surface area contributed by atoms with Crippen LogP contribution in [0.4, 0.5) is 0 Å². The topological polar surface area (TPSA) is 254 Å². The van der Waals surface area contributed by atoms with Crippen LogP contribution in [-0.4, -0.2) is 85.1 Å². The van der Waals surface area contributed by atoms with Crippen LogP contribution in [0.2, 0.25) is 0 Å². The van der Waals surface area contributed by atoms with Gasteiger partial charge in [0.05, 0.1) is 18.8 Å². The molecule has 0 radical (unpaired) electrons. The molecular weight excluding hydrogens is 516 g/mol. The molecule has 1 aromatic carbocycles. The number of amides is 3. The maximum atomic E-state index is 13.0. The van der Waals surface area contributed by atoms with Gasteiger partial charge in [0, 0.05) is 24.7 Å². The molecule has 0 spiro atoms. The molecule has 15 nitrogen and oxygen atoms in total. The van der Waals surface area contributed by atoms with Crippen molar-refractivity contribution in [2.45, 2.75) is 56.3 Å². The Kier molecular flexibility index (Phi) is 11.6. The number of imidazole rings is 1. The van der Waals surface area contributed by atoms with Crippen molar-refractivity contribution in [3.8, 4) is 0 Å². The van der Waals surface area contributed by atoms with Gasteiger partial charge in [-0.2, -0.15) is 0 Å². The summed E-state index contributed by atoms with van der Waals surface area (Å²) in [7, 11) is 0. The molecule has 0 saturated heterocycles. The summed E-state index contributed by atoms with van der Waals surface area (Å²) in [6.07, 6.45) is 0.734. The highest BCUT2D eigenvalue weighted by Crippen LogP contribution is 2.06. The summed E-state index contributed by atoms with van der Waals surface area (Å²) in [5, 5.41) is 34.5. The molecule has 0 bridgehead atoms. The fourth-order valence-electron chi connectivity index (χ4n) is 3.52. The molecule has 0 aliphatic carbocycles. The summed E-state index contributed by atoms with van der Waals surface area (Å²) >= 11 is 0. The zero-order valence-corrected chi connectivity index (χ0v) is 20.7. The average Bonchev–Trinajstić information content (AvgIpc) is 3.38. The normalized spacial score (nSPS) is 13.8. The molecule has 0 fully saturated rings. The maximum absolute atomic E-state index is 13.0. The van der Waals surface area contributed by atoms with Crippen LogP contribution in [-0.2, 0) is 41.6 Å². The minimum absolute atomic E-state index is 0.122. The summed E-state index contributed by atoms with van der Waals surface area (Å²) in [5.74, 6) is -7.09. The van der Waals surface area contributed by atoms with E-state index < -0.39 is 72.6 Å². The van der Waals surface area contributed by atoms with E-state index in [0.29, 0.717) is 5.69 Å². The first-order valence-electron chi connectivity index (χ1n) is 11.8. The standard InChI is InChI=1S/C24H30N6O9/c25-15(8-13-4-2-1-3-5-13)21(35)28-16(6-7-19(31)32)22(36)29-17(10-20(33)34)23(37)30-18(24(38)39)9-14-11-26-12-27-14/h1-5,11-12,15-18H,6-10,25H2,(H,26,27)(H,28,35)(H,29,36)(H,30,37)(H,31,32)(H,33,34)(H,38,39). The Hall–Kier alpha value is -4.79. The number of carbonyl (C=O) groups is 6. The highest BCUT2D eigenvalue weighted by Gasteiger charge is 2.32. The molecule has 15 heteroatoms. The number of H-pyrrole nitrogens is 1. The summed E-state index contributed by atoms with van der Waals surface area (Å²) in [5.41, 5.74) is 7.07. The van der Waals surface area contributed by atoms with Gasteiger partial charge in [-0.05, 0) is 18.4 Å². The van der Waals surface area contributed by atoms with E-state index in [1.54, 1.807) is 30.3 Å². The lowest BCUT2D eigenvalue weighted by molar-refractivity contribution is -0.143. The van der Waals surface area contributed by atoms with Crippen molar-refractivity contribution in [3.05, 3.63) is 54.1 Å². The van der Waals surface area contributed by atoms with Crippen molar-refractivity contribution in [1.82, 2.24) is 25.9 Å². The summed E-state index contributed by atoms with van der Waals surface area (Å²) in [4.78, 5) is 79.0.